The van der Waals surface area contributed by atoms with Crippen molar-refractivity contribution in [3.63, 3.8) is 0 Å². The fourth-order valence-electron chi connectivity index (χ4n) is 3.42. The van der Waals surface area contributed by atoms with Crippen molar-refractivity contribution in [1.29, 1.82) is 0 Å². The summed E-state index contributed by atoms with van der Waals surface area (Å²) in [6, 6.07) is 9.00. The summed E-state index contributed by atoms with van der Waals surface area (Å²) in [5, 5.41) is 8.33. The van der Waals surface area contributed by atoms with Crippen LogP contribution in [0.5, 0.6) is 0 Å². The van der Waals surface area contributed by atoms with Crippen LogP contribution in [0.4, 0.5) is 22.6 Å². The van der Waals surface area contributed by atoms with Gasteiger partial charge < -0.3 is 10.1 Å². The summed E-state index contributed by atoms with van der Waals surface area (Å²) in [4.78, 5) is 38.5. The Morgan fingerprint density at radius 1 is 1.08 bits per heavy atom. The standard InChI is InChI=1S/C24H17F4N3O4S/c1-2-35-23(34)20-17-12-36-21(29-18(32)11-13-3-7-15(25)8-4-13)19(17)22(33)31(30-20)16-9-5-14(6-10-16)24(26,27)28/h3-10,12H,2,11H2,1H3,(H,29,32). The minimum atomic E-state index is -4.58. The largest absolute Gasteiger partial charge is 0.461 e. The van der Waals surface area contributed by atoms with Gasteiger partial charge in [0, 0.05) is 10.8 Å². The second-order valence-electron chi connectivity index (χ2n) is 7.54. The van der Waals surface area contributed by atoms with Crippen molar-refractivity contribution in [3.05, 3.63) is 86.9 Å². The Morgan fingerprint density at radius 2 is 1.75 bits per heavy atom. The van der Waals surface area contributed by atoms with Crippen LogP contribution in [0.25, 0.3) is 16.5 Å². The van der Waals surface area contributed by atoms with Crippen LogP contribution in [0.1, 0.15) is 28.5 Å². The number of hydrogen-bond acceptors (Lipinski definition) is 6. The molecule has 36 heavy (non-hydrogen) atoms. The highest BCUT2D eigenvalue weighted by Gasteiger charge is 2.30. The van der Waals surface area contributed by atoms with Crippen molar-refractivity contribution >= 4 is 39.0 Å². The Balaban J connectivity index is 1.78. The van der Waals surface area contributed by atoms with E-state index in [0.29, 0.717) is 5.56 Å². The number of aromatic nitrogens is 2. The van der Waals surface area contributed by atoms with E-state index in [0.717, 1.165) is 40.3 Å². The van der Waals surface area contributed by atoms with Gasteiger partial charge in [0.1, 0.15) is 10.8 Å². The zero-order valence-corrected chi connectivity index (χ0v) is 19.4. The number of halogens is 4. The number of nitrogens with one attached hydrogen (secondary N) is 1. The minimum absolute atomic E-state index is 0.0183. The van der Waals surface area contributed by atoms with Crippen LogP contribution in [0.2, 0.25) is 0 Å². The highest BCUT2D eigenvalue weighted by molar-refractivity contribution is 7.16. The molecule has 1 amide bonds. The predicted octanol–water partition coefficient (Wildman–Crippen LogP) is 4.96. The maximum Gasteiger partial charge on any atom is 0.416 e. The molecule has 0 saturated carbocycles. The summed E-state index contributed by atoms with van der Waals surface area (Å²) >= 11 is 0.976. The van der Waals surface area contributed by atoms with Crippen LogP contribution in [-0.4, -0.2) is 28.3 Å². The number of carbonyl (C=O) groups is 2. The van der Waals surface area contributed by atoms with Gasteiger partial charge in [-0.2, -0.15) is 23.0 Å². The fourth-order valence-corrected chi connectivity index (χ4v) is 4.37. The smallest absolute Gasteiger partial charge is 0.416 e. The lowest BCUT2D eigenvalue weighted by molar-refractivity contribution is -0.137. The van der Waals surface area contributed by atoms with Gasteiger partial charge in [-0.1, -0.05) is 12.1 Å². The monoisotopic (exact) mass is 519 g/mol. The van der Waals surface area contributed by atoms with Crippen molar-refractivity contribution in [2.45, 2.75) is 19.5 Å². The lowest BCUT2D eigenvalue weighted by Crippen LogP contribution is -2.26. The van der Waals surface area contributed by atoms with Gasteiger partial charge >= 0.3 is 12.1 Å². The molecule has 4 rings (SSSR count). The molecule has 12 heteroatoms. The Bertz CT molecular complexity index is 1490. The Kier molecular flexibility index (Phi) is 6.88. The number of hydrogen-bond donors (Lipinski definition) is 1. The van der Waals surface area contributed by atoms with E-state index < -0.39 is 35.0 Å². The molecule has 0 aliphatic carbocycles. The van der Waals surface area contributed by atoms with Crippen molar-refractivity contribution in [2.24, 2.45) is 0 Å². The second kappa shape index (κ2) is 9.90. The molecule has 0 unspecified atom stereocenters. The lowest BCUT2D eigenvalue weighted by atomic mass is 10.1. The molecule has 0 aliphatic rings. The molecule has 0 fully saturated rings. The number of esters is 1. The molecule has 0 atom stereocenters. The van der Waals surface area contributed by atoms with E-state index in [1.807, 2.05) is 0 Å². The van der Waals surface area contributed by atoms with Crippen LogP contribution in [0.3, 0.4) is 0 Å². The van der Waals surface area contributed by atoms with Crippen molar-refractivity contribution < 1.29 is 31.9 Å². The summed E-state index contributed by atoms with van der Waals surface area (Å²) in [7, 11) is 0. The molecule has 0 radical (unpaired) electrons. The second-order valence-corrected chi connectivity index (χ2v) is 8.42. The Labute approximate surface area is 204 Å². The quantitative estimate of drug-likeness (QED) is 0.287. The molecule has 2 heterocycles. The molecular weight excluding hydrogens is 502 g/mol. The Hall–Kier alpha value is -4.06. The number of alkyl halides is 3. The average Bonchev–Trinajstić information content (AvgIpc) is 3.24. The average molecular weight is 519 g/mol. The van der Waals surface area contributed by atoms with Gasteiger partial charge in [-0.15, -0.1) is 11.3 Å². The van der Waals surface area contributed by atoms with Gasteiger partial charge in [0.15, 0.2) is 5.69 Å². The summed E-state index contributed by atoms with van der Waals surface area (Å²) in [6.07, 6.45) is -4.69. The van der Waals surface area contributed by atoms with E-state index in [4.69, 9.17) is 4.74 Å². The van der Waals surface area contributed by atoms with Gasteiger partial charge in [0.05, 0.1) is 29.7 Å². The molecule has 0 aliphatic heterocycles. The van der Waals surface area contributed by atoms with Gasteiger partial charge in [-0.3, -0.25) is 9.59 Å². The third kappa shape index (κ3) is 5.13. The third-order valence-electron chi connectivity index (χ3n) is 5.09. The molecule has 0 bridgehead atoms. The van der Waals surface area contributed by atoms with Crippen molar-refractivity contribution in [1.82, 2.24) is 9.78 Å². The van der Waals surface area contributed by atoms with Crippen LogP contribution < -0.4 is 10.9 Å². The van der Waals surface area contributed by atoms with Gasteiger partial charge in [-0.25, -0.2) is 9.18 Å². The SMILES string of the molecule is CCOC(=O)c1nn(-c2ccc(C(F)(F)F)cc2)c(=O)c2c(NC(=O)Cc3ccc(F)cc3)scc12. The summed E-state index contributed by atoms with van der Waals surface area (Å²) in [5.74, 6) is -1.79. The zero-order chi connectivity index (χ0) is 26.0. The molecule has 0 spiro atoms. The number of carbonyl (C=O) groups excluding carboxylic acids is 2. The first-order valence-corrected chi connectivity index (χ1v) is 11.4. The number of thiophene rings is 1. The molecule has 4 aromatic rings. The highest BCUT2D eigenvalue weighted by Crippen LogP contribution is 2.32. The zero-order valence-electron chi connectivity index (χ0n) is 18.6. The molecule has 7 nitrogen and oxygen atoms in total. The predicted molar refractivity (Wildman–Crippen MR) is 125 cm³/mol. The molecule has 186 valence electrons. The van der Waals surface area contributed by atoms with Gasteiger partial charge in [-0.05, 0) is 48.9 Å². The number of nitrogens with zero attached hydrogens (tertiary/aromatic N) is 2. The number of benzene rings is 2. The number of ether oxygens (including phenoxy) is 1. The summed E-state index contributed by atoms with van der Waals surface area (Å²) < 4.78 is 57.9. The van der Waals surface area contributed by atoms with Crippen LogP contribution in [-0.2, 0) is 22.1 Å². The third-order valence-corrected chi connectivity index (χ3v) is 5.99. The topological polar surface area (TPSA) is 90.3 Å². The number of anilines is 1. The summed E-state index contributed by atoms with van der Waals surface area (Å²) in [5.41, 5.74) is -1.39. The molecule has 1 N–H and O–H groups in total. The van der Waals surface area contributed by atoms with Crippen LogP contribution in [0.15, 0.2) is 58.7 Å². The Morgan fingerprint density at radius 3 is 2.36 bits per heavy atom. The van der Waals surface area contributed by atoms with Crippen LogP contribution >= 0.6 is 11.3 Å². The first kappa shape index (κ1) is 25.0. The normalized spacial score (nSPS) is 11.5. The van der Waals surface area contributed by atoms with E-state index in [-0.39, 0.29) is 40.2 Å². The van der Waals surface area contributed by atoms with E-state index in [1.165, 1.54) is 29.6 Å². The lowest BCUT2D eigenvalue weighted by Gasteiger charge is -2.11. The maximum atomic E-state index is 13.3. The first-order chi connectivity index (χ1) is 17.1. The van der Waals surface area contributed by atoms with Crippen molar-refractivity contribution in [2.75, 3.05) is 11.9 Å². The van der Waals surface area contributed by atoms with E-state index >= 15 is 0 Å². The number of fused-ring (bicyclic) bond motifs is 1. The molecule has 2 aromatic carbocycles. The molecule has 2 aromatic heterocycles. The molecular formula is C24H17F4N3O4S. The van der Waals surface area contributed by atoms with Gasteiger partial charge in [0.2, 0.25) is 5.91 Å². The summed E-state index contributed by atoms with van der Waals surface area (Å²) in [6.45, 7) is 1.60. The minimum Gasteiger partial charge on any atom is -0.461 e. The number of rotatable bonds is 6. The van der Waals surface area contributed by atoms with Crippen molar-refractivity contribution in [3.8, 4) is 5.69 Å². The van der Waals surface area contributed by atoms with E-state index in [9.17, 15) is 31.9 Å². The maximum absolute atomic E-state index is 13.3. The first-order valence-electron chi connectivity index (χ1n) is 10.5. The van der Waals surface area contributed by atoms with E-state index in [1.54, 1.807) is 6.92 Å². The fraction of sp³-hybridized carbons (Fsp3) is 0.167. The number of amides is 1. The van der Waals surface area contributed by atoms with E-state index in [2.05, 4.69) is 10.4 Å². The van der Waals surface area contributed by atoms with Gasteiger partial charge in [0.25, 0.3) is 5.56 Å². The molecule has 0 saturated heterocycles. The highest BCUT2D eigenvalue weighted by atomic mass is 32.1. The van der Waals surface area contributed by atoms with Crippen LogP contribution in [0, 0.1) is 5.82 Å².